The van der Waals surface area contributed by atoms with E-state index in [0.29, 0.717) is 10.6 Å². The van der Waals surface area contributed by atoms with Gasteiger partial charge in [-0.3, -0.25) is 0 Å². The molecule has 0 saturated heterocycles. The summed E-state index contributed by atoms with van der Waals surface area (Å²) in [7, 11) is 1.34. The number of hydrogen-bond acceptors (Lipinski definition) is 2. The SMILES string of the molecule is COC(=O)c1cc(C)c2[nH]ccc2c1Cl. The summed E-state index contributed by atoms with van der Waals surface area (Å²) in [4.78, 5) is 14.5. The molecule has 1 aromatic heterocycles. The molecular weight excluding hydrogens is 214 g/mol. The molecular formula is C11H10ClNO2. The van der Waals surface area contributed by atoms with Gasteiger partial charge < -0.3 is 9.72 Å². The number of nitrogens with one attached hydrogen (secondary N) is 1. The maximum atomic E-state index is 11.4. The first-order valence-electron chi connectivity index (χ1n) is 4.49. The molecule has 0 aliphatic rings. The number of carbonyl (C=O) groups is 1. The molecule has 78 valence electrons. The molecule has 0 unspecified atom stereocenters. The summed E-state index contributed by atoms with van der Waals surface area (Å²) in [5.74, 6) is -0.411. The Kier molecular flexibility index (Phi) is 2.40. The molecule has 0 aliphatic carbocycles. The first-order valence-corrected chi connectivity index (χ1v) is 4.87. The minimum atomic E-state index is -0.411. The summed E-state index contributed by atoms with van der Waals surface area (Å²) in [6.07, 6.45) is 1.80. The lowest BCUT2D eigenvalue weighted by Crippen LogP contribution is -2.02. The Labute approximate surface area is 92.0 Å². The number of aryl methyl sites for hydroxylation is 1. The van der Waals surface area contributed by atoms with Gasteiger partial charge in [0, 0.05) is 17.1 Å². The van der Waals surface area contributed by atoms with Crippen LogP contribution in [-0.4, -0.2) is 18.1 Å². The fourth-order valence-corrected chi connectivity index (χ4v) is 1.92. The molecule has 0 radical (unpaired) electrons. The number of methoxy groups -OCH3 is 1. The maximum Gasteiger partial charge on any atom is 0.339 e. The van der Waals surface area contributed by atoms with Crippen molar-refractivity contribution in [2.45, 2.75) is 6.92 Å². The van der Waals surface area contributed by atoms with Crippen molar-refractivity contribution in [3.8, 4) is 0 Å². The molecule has 0 spiro atoms. The van der Waals surface area contributed by atoms with Crippen LogP contribution < -0.4 is 0 Å². The lowest BCUT2D eigenvalue weighted by atomic mass is 10.1. The third-order valence-corrected chi connectivity index (χ3v) is 2.79. The Morgan fingerprint density at radius 2 is 2.27 bits per heavy atom. The van der Waals surface area contributed by atoms with Gasteiger partial charge in [0.05, 0.1) is 17.7 Å². The molecule has 3 nitrogen and oxygen atoms in total. The number of H-pyrrole nitrogens is 1. The van der Waals surface area contributed by atoms with Crippen LogP contribution >= 0.6 is 11.6 Å². The number of rotatable bonds is 1. The number of carbonyl (C=O) groups excluding carboxylic acids is 1. The minimum Gasteiger partial charge on any atom is -0.465 e. The largest absolute Gasteiger partial charge is 0.465 e. The number of fused-ring (bicyclic) bond motifs is 1. The second kappa shape index (κ2) is 3.59. The second-order valence-electron chi connectivity index (χ2n) is 3.31. The van der Waals surface area contributed by atoms with E-state index >= 15 is 0 Å². The van der Waals surface area contributed by atoms with Crippen molar-refractivity contribution >= 4 is 28.5 Å². The van der Waals surface area contributed by atoms with Gasteiger partial charge >= 0.3 is 5.97 Å². The van der Waals surface area contributed by atoms with E-state index in [1.807, 2.05) is 13.0 Å². The van der Waals surface area contributed by atoms with Crippen molar-refractivity contribution in [2.75, 3.05) is 7.11 Å². The van der Waals surface area contributed by atoms with Gasteiger partial charge in [-0.2, -0.15) is 0 Å². The molecule has 1 aromatic carbocycles. The van der Waals surface area contributed by atoms with Gasteiger partial charge in [-0.1, -0.05) is 11.6 Å². The third kappa shape index (κ3) is 1.49. The highest BCUT2D eigenvalue weighted by atomic mass is 35.5. The Morgan fingerprint density at radius 1 is 1.53 bits per heavy atom. The van der Waals surface area contributed by atoms with Gasteiger partial charge in [-0.25, -0.2) is 4.79 Å². The van der Waals surface area contributed by atoms with Crippen LogP contribution in [0.2, 0.25) is 5.02 Å². The highest BCUT2D eigenvalue weighted by Gasteiger charge is 2.15. The van der Waals surface area contributed by atoms with Gasteiger partial charge in [0.1, 0.15) is 0 Å². The van der Waals surface area contributed by atoms with Gasteiger partial charge in [-0.15, -0.1) is 0 Å². The van der Waals surface area contributed by atoms with Crippen molar-refractivity contribution in [1.82, 2.24) is 4.98 Å². The lowest BCUT2D eigenvalue weighted by Gasteiger charge is -2.05. The van der Waals surface area contributed by atoms with E-state index in [4.69, 9.17) is 11.6 Å². The molecule has 0 fully saturated rings. The van der Waals surface area contributed by atoms with Crippen LogP contribution in [0, 0.1) is 6.92 Å². The van der Waals surface area contributed by atoms with Crippen molar-refractivity contribution in [1.29, 1.82) is 0 Å². The number of aromatic nitrogens is 1. The molecule has 0 bridgehead atoms. The molecule has 0 amide bonds. The van der Waals surface area contributed by atoms with Crippen molar-refractivity contribution in [3.63, 3.8) is 0 Å². The van der Waals surface area contributed by atoms with Crippen LogP contribution in [0.4, 0.5) is 0 Å². The summed E-state index contributed by atoms with van der Waals surface area (Å²) in [5, 5.41) is 1.28. The zero-order valence-electron chi connectivity index (χ0n) is 8.43. The quantitative estimate of drug-likeness (QED) is 0.756. The topological polar surface area (TPSA) is 42.1 Å². The number of benzene rings is 1. The van der Waals surface area contributed by atoms with E-state index in [0.717, 1.165) is 16.5 Å². The van der Waals surface area contributed by atoms with E-state index in [9.17, 15) is 4.79 Å². The van der Waals surface area contributed by atoms with Crippen molar-refractivity contribution in [3.05, 3.63) is 34.5 Å². The molecule has 15 heavy (non-hydrogen) atoms. The molecule has 0 atom stereocenters. The Balaban J connectivity index is 2.76. The summed E-state index contributed by atoms with van der Waals surface area (Å²) in [6.45, 7) is 1.92. The molecule has 2 aromatic rings. The predicted molar refractivity (Wildman–Crippen MR) is 59.4 cm³/mol. The molecule has 4 heteroatoms. The normalized spacial score (nSPS) is 10.6. The maximum absolute atomic E-state index is 11.4. The van der Waals surface area contributed by atoms with Crippen LogP contribution in [0.25, 0.3) is 10.9 Å². The van der Waals surface area contributed by atoms with Gasteiger partial charge in [0.15, 0.2) is 0 Å². The highest BCUT2D eigenvalue weighted by molar-refractivity contribution is 6.38. The van der Waals surface area contributed by atoms with Crippen molar-refractivity contribution in [2.24, 2.45) is 0 Å². The average molecular weight is 224 g/mol. The zero-order valence-corrected chi connectivity index (χ0v) is 9.18. The second-order valence-corrected chi connectivity index (χ2v) is 3.69. The molecule has 0 saturated carbocycles. The summed E-state index contributed by atoms with van der Waals surface area (Å²) in [5.41, 5.74) is 2.33. The van der Waals surface area contributed by atoms with Gasteiger partial charge in [0.25, 0.3) is 0 Å². The first-order chi connectivity index (χ1) is 7.15. The fraction of sp³-hybridized carbons (Fsp3) is 0.182. The molecule has 2 rings (SSSR count). The summed E-state index contributed by atoms with van der Waals surface area (Å²) >= 11 is 6.11. The smallest absolute Gasteiger partial charge is 0.339 e. The predicted octanol–water partition coefficient (Wildman–Crippen LogP) is 2.92. The Morgan fingerprint density at radius 3 is 2.93 bits per heavy atom. The van der Waals surface area contributed by atoms with E-state index in [-0.39, 0.29) is 0 Å². The van der Waals surface area contributed by atoms with Crippen molar-refractivity contribution < 1.29 is 9.53 Å². The summed E-state index contributed by atoms with van der Waals surface area (Å²) in [6, 6.07) is 3.57. The number of ether oxygens (including phenoxy) is 1. The third-order valence-electron chi connectivity index (χ3n) is 2.38. The van der Waals surface area contributed by atoms with E-state index < -0.39 is 5.97 Å². The first kappa shape index (κ1) is 10.1. The van der Waals surface area contributed by atoms with Gasteiger partial charge in [-0.05, 0) is 24.6 Å². The lowest BCUT2D eigenvalue weighted by molar-refractivity contribution is 0.0601. The summed E-state index contributed by atoms with van der Waals surface area (Å²) < 4.78 is 4.66. The number of hydrogen-bond donors (Lipinski definition) is 1. The zero-order chi connectivity index (χ0) is 11.0. The molecule has 1 heterocycles. The van der Waals surface area contributed by atoms with E-state index in [1.165, 1.54) is 7.11 Å². The Bertz CT molecular complexity index is 531. The van der Waals surface area contributed by atoms with Crippen LogP contribution in [-0.2, 0) is 4.74 Å². The minimum absolute atomic E-state index is 0.406. The van der Waals surface area contributed by atoms with E-state index in [2.05, 4.69) is 9.72 Å². The van der Waals surface area contributed by atoms with Crippen LogP contribution in [0.5, 0.6) is 0 Å². The monoisotopic (exact) mass is 223 g/mol. The average Bonchev–Trinajstić information content (AvgIpc) is 2.71. The van der Waals surface area contributed by atoms with Crippen LogP contribution in [0.3, 0.4) is 0 Å². The highest BCUT2D eigenvalue weighted by Crippen LogP contribution is 2.29. The standard InChI is InChI=1S/C11H10ClNO2/c1-6-5-8(11(14)15-2)9(12)7-3-4-13-10(6)7/h3-5,13H,1-2H3. The molecule has 0 aliphatic heterocycles. The Hall–Kier alpha value is -1.48. The van der Waals surface area contributed by atoms with Crippen LogP contribution in [0.15, 0.2) is 18.3 Å². The van der Waals surface area contributed by atoms with Gasteiger partial charge in [0.2, 0.25) is 0 Å². The van der Waals surface area contributed by atoms with E-state index in [1.54, 1.807) is 12.3 Å². The number of halogens is 1. The van der Waals surface area contributed by atoms with Crippen LogP contribution in [0.1, 0.15) is 15.9 Å². The fourth-order valence-electron chi connectivity index (χ4n) is 1.63. The number of esters is 1. The molecule has 1 N–H and O–H groups in total. The number of aromatic amines is 1.